The van der Waals surface area contributed by atoms with Gasteiger partial charge in [-0.3, -0.25) is 4.79 Å². The van der Waals surface area contributed by atoms with Crippen molar-refractivity contribution in [3.8, 4) is 0 Å². The first-order chi connectivity index (χ1) is 9.47. The number of hydrogen-bond acceptors (Lipinski definition) is 6. The van der Waals surface area contributed by atoms with Crippen LogP contribution in [0.4, 0.5) is 0 Å². The average molecular weight is 293 g/mol. The van der Waals surface area contributed by atoms with E-state index in [2.05, 4.69) is 4.37 Å². The van der Waals surface area contributed by atoms with Crippen molar-refractivity contribution in [1.82, 2.24) is 4.37 Å². The minimum atomic E-state index is -0.660. The Morgan fingerprint density at radius 3 is 2.65 bits per heavy atom. The highest BCUT2D eigenvalue weighted by Crippen LogP contribution is 2.25. The molecule has 0 aliphatic rings. The molecule has 0 aliphatic heterocycles. The van der Waals surface area contributed by atoms with E-state index in [9.17, 15) is 9.59 Å². The number of ether oxygens (including phenoxy) is 1. The van der Waals surface area contributed by atoms with Crippen LogP contribution in [0.2, 0.25) is 0 Å². The Kier molecular flexibility index (Phi) is 4.34. The maximum Gasteiger partial charge on any atom is 0.414 e. The van der Waals surface area contributed by atoms with E-state index in [4.69, 9.17) is 9.15 Å². The first-order valence-electron chi connectivity index (χ1n) is 6.14. The minimum absolute atomic E-state index is 0.104. The van der Waals surface area contributed by atoms with Gasteiger partial charge in [0.2, 0.25) is 5.89 Å². The summed E-state index contributed by atoms with van der Waals surface area (Å²) in [5.41, 5.74) is 0.270. The van der Waals surface area contributed by atoms with Gasteiger partial charge < -0.3 is 9.15 Å². The fraction of sp³-hybridized carbons (Fsp3) is 0.357. The Hall–Kier alpha value is -1.95. The van der Waals surface area contributed by atoms with Crippen molar-refractivity contribution in [2.24, 2.45) is 0 Å². The van der Waals surface area contributed by atoms with Gasteiger partial charge in [-0.15, -0.1) is 0 Å². The number of hydrogen-bond donors (Lipinski definition) is 0. The van der Waals surface area contributed by atoms with E-state index in [1.165, 1.54) is 0 Å². The number of carbonyl (C=O) groups excluding carboxylic acids is 1. The molecule has 1 heterocycles. The Morgan fingerprint density at radius 2 is 2.05 bits per heavy atom. The van der Waals surface area contributed by atoms with Crippen molar-refractivity contribution in [2.45, 2.75) is 32.3 Å². The van der Waals surface area contributed by atoms with Crippen LogP contribution in [0.25, 0.3) is 0 Å². The van der Waals surface area contributed by atoms with E-state index < -0.39 is 10.4 Å². The fourth-order valence-corrected chi connectivity index (χ4v) is 2.24. The van der Waals surface area contributed by atoms with E-state index in [0.29, 0.717) is 0 Å². The molecule has 0 aliphatic carbocycles. The summed E-state index contributed by atoms with van der Waals surface area (Å²) < 4.78 is 14.1. The van der Waals surface area contributed by atoms with Gasteiger partial charge in [-0.25, -0.2) is 4.79 Å². The number of aromatic nitrogens is 1. The summed E-state index contributed by atoms with van der Waals surface area (Å²) in [5, 5.41) is 0. The first-order valence-corrected chi connectivity index (χ1v) is 6.91. The van der Waals surface area contributed by atoms with Gasteiger partial charge in [0.05, 0.1) is 11.8 Å². The van der Waals surface area contributed by atoms with E-state index >= 15 is 0 Å². The van der Waals surface area contributed by atoms with Gasteiger partial charge in [-0.05, 0) is 5.56 Å². The SMILES string of the molecule is CC(C)(CC(=O)OCc1ccccc1)c1nsc(=O)o1. The lowest BCUT2D eigenvalue weighted by molar-refractivity contribution is -0.146. The molecule has 0 N–H and O–H groups in total. The Bertz CT molecular complexity index is 630. The number of rotatable bonds is 5. The second-order valence-corrected chi connectivity index (χ2v) is 5.75. The molecule has 0 atom stereocenters. The third-order valence-corrected chi connectivity index (χ3v) is 3.28. The summed E-state index contributed by atoms with van der Waals surface area (Å²) in [6, 6.07) is 9.45. The predicted molar refractivity (Wildman–Crippen MR) is 74.5 cm³/mol. The van der Waals surface area contributed by atoms with Gasteiger partial charge in [0.15, 0.2) is 0 Å². The van der Waals surface area contributed by atoms with Crippen molar-refractivity contribution in [1.29, 1.82) is 0 Å². The van der Waals surface area contributed by atoms with Crippen LogP contribution in [0, 0.1) is 0 Å². The third kappa shape index (κ3) is 3.77. The van der Waals surface area contributed by atoms with Crippen molar-refractivity contribution in [3.63, 3.8) is 0 Å². The molecule has 0 amide bonds. The van der Waals surface area contributed by atoms with Gasteiger partial charge in [0, 0.05) is 11.5 Å². The molecule has 5 nitrogen and oxygen atoms in total. The van der Waals surface area contributed by atoms with Gasteiger partial charge in [-0.1, -0.05) is 44.2 Å². The topological polar surface area (TPSA) is 69.4 Å². The maximum absolute atomic E-state index is 11.8. The molecule has 0 spiro atoms. The van der Waals surface area contributed by atoms with Gasteiger partial charge in [-0.2, -0.15) is 4.37 Å². The molecule has 0 saturated heterocycles. The lowest BCUT2D eigenvalue weighted by Gasteiger charge is -2.18. The van der Waals surface area contributed by atoms with Gasteiger partial charge in [0.25, 0.3) is 0 Å². The molecular formula is C14H15NO4S. The van der Waals surface area contributed by atoms with Crippen LogP contribution in [0.15, 0.2) is 39.5 Å². The third-order valence-electron chi connectivity index (χ3n) is 2.79. The van der Waals surface area contributed by atoms with Crippen LogP contribution < -0.4 is 4.94 Å². The number of nitrogens with zero attached hydrogens (tertiary/aromatic N) is 1. The van der Waals surface area contributed by atoms with E-state index in [-0.39, 0.29) is 24.9 Å². The molecule has 0 fully saturated rings. The average Bonchev–Trinajstić information content (AvgIpc) is 2.85. The first kappa shape index (κ1) is 14.5. The number of carbonyl (C=O) groups is 1. The monoisotopic (exact) mass is 293 g/mol. The van der Waals surface area contributed by atoms with Crippen LogP contribution in [-0.4, -0.2) is 10.3 Å². The lowest BCUT2D eigenvalue weighted by atomic mass is 9.89. The minimum Gasteiger partial charge on any atom is -0.461 e. The number of benzene rings is 1. The van der Waals surface area contributed by atoms with E-state index in [0.717, 1.165) is 17.1 Å². The van der Waals surface area contributed by atoms with Crippen molar-refractivity contribution in [3.05, 3.63) is 51.5 Å². The molecular weight excluding hydrogens is 278 g/mol. The second-order valence-electron chi connectivity index (χ2n) is 5.05. The van der Waals surface area contributed by atoms with Crippen LogP contribution in [0.5, 0.6) is 0 Å². The summed E-state index contributed by atoms with van der Waals surface area (Å²) in [7, 11) is 0. The highest BCUT2D eigenvalue weighted by atomic mass is 32.1. The summed E-state index contributed by atoms with van der Waals surface area (Å²) >= 11 is 0.744. The highest BCUT2D eigenvalue weighted by molar-refractivity contribution is 7.02. The standard InChI is InChI=1S/C14H15NO4S/c1-14(2,12-15-20-13(17)19-12)8-11(16)18-9-10-6-4-3-5-7-10/h3-7H,8-9H2,1-2H3. The summed E-state index contributed by atoms with van der Waals surface area (Å²) in [6.45, 7) is 3.81. The van der Waals surface area contributed by atoms with Crippen LogP contribution in [-0.2, 0) is 21.6 Å². The Balaban J connectivity index is 1.92. The van der Waals surface area contributed by atoms with E-state index in [1.807, 2.05) is 30.3 Å². The highest BCUT2D eigenvalue weighted by Gasteiger charge is 2.30. The molecule has 2 aromatic rings. The quantitative estimate of drug-likeness (QED) is 0.792. The zero-order valence-corrected chi connectivity index (χ0v) is 12.1. The molecule has 0 bridgehead atoms. The van der Waals surface area contributed by atoms with E-state index in [1.54, 1.807) is 13.8 Å². The molecule has 1 aromatic heterocycles. The number of esters is 1. The smallest absolute Gasteiger partial charge is 0.414 e. The normalized spacial score (nSPS) is 11.3. The van der Waals surface area contributed by atoms with Gasteiger partial charge in [0.1, 0.15) is 6.61 Å². The largest absolute Gasteiger partial charge is 0.461 e. The lowest BCUT2D eigenvalue weighted by Crippen LogP contribution is -2.23. The van der Waals surface area contributed by atoms with Crippen molar-refractivity contribution < 1.29 is 13.9 Å². The molecule has 0 saturated carbocycles. The summed E-state index contributed by atoms with van der Waals surface area (Å²) in [5.74, 6) is -0.0846. The molecule has 20 heavy (non-hydrogen) atoms. The molecule has 6 heteroatoms. The van der Waals surface area contributed by atoms with Crippen molar-refractivity contribution >= 4 is 17.5 Å². The zero-order chi connectivity index (χ0) is 14.6. The Morgan fingerprint density at radius 1 is 1.35 bits per heavy atom. The predicted octanol–water partition coefficient (Wildman–Crippen LogP) is 2.51. The molecule has 0 unspecified atom stereocenters. The maximum atomic E-state index is 11.8. The second kappa shape index (κ2) is 6.00. The van der Waals surface area contributed by atoms with Crippen LogP contribution in [0.1, 0.15) is 31.7 Å². The van der Waals surface area contributed by atoms with Gasteiger partial charge >= 0.3 is 10.9 Å². The Labute approximate surface area is 120 Å². The zero-order valence-electron chi connectivity index (χ0n) is 11.3. The molecule has 0 radical (unpaired) electrons. The van der Waals surface area contributed by atoms with Crippen LogP contribution in [0.3, 0.4) is 0 Å². The summed E-state index contributed by atoms with van der Waals surface area (Å²) in [6.07, 6.45) is 0.104. The van der Waals surface area contributed by atoms with Crippen LogP contribution >= 0.6 is 11.5 Å². The summed E-state index contributed by atoms with van der Waals surface area (Å²) in [4.78, 5) is 22.4. The molecule has 2 rings (SSSR count). The molecule has 1 aromatic carbocycles. The van der Waals surface area contributed by atoms with Crippen molar-refractivity contribution in [2.75, 3.05) is 0 Å². The fourth-order valence-electron chi connectivity index (χ4n) is 1.68. The molecule has 106 valence electrons.